The summed E-state index contributed by atoms with van der Waals surface area (Å²) in [5.41, 5.74) is 0.444. The van der Waals surface area contributed by atoms with E-state index in [1.807, 2.05) is 0 Å². The first kappa shape index (κ1) is 11.7. The molecule has 0 spiro atoms. The van der Waals surface area contributed by atoms with Crippen LogP contribution in [0.4, 0.5) is 13.2 Å². The first-order valence-electron chi connectivity index (χ1n) is 5.95. The first-order valence-corrected chi connectivity index (χ1v) is 5.95. The van der Waals surface area contributed by atoms with E-state index >= 15 is 0 Å². The quantitative estimate of drug-likeness (QED) is 0.782. The summed E-state index contributed by atoms with van der Waals surface area (Å²) in [4.78, 5) is 0. The fourth-order valence-corrected chi connectivity index (χ4v) is 2.88. The number of benzene rings is 1. The van der Waals surface area contributed by atoms with Gasteiger partial charge in [0.25, 0.3) is 0 Å². The Bertz CT molecular complexity index is 468. The zero-order valence-corrected chi connectivity index (χ0v) is 9.59. The largest absolute Gasteiger partial charge is 0.416 e. The molecule has 2 unspecified atom stereocenters. The Morgan fingerprint density at radius 1 is 1.11 bits per heavy atom. The molecule has 18 heavy (non-hydrogen) atoms. The highest BCUT2D eigenvalue weighted by atomic mass is 19.4. The zero-order chi connectivity index (χ0) is 12.9. The highest BCUT2D eigenvalue weighted by Gasteiger charge is 2.54. The van der Waals surface area contributed by atoms with Crippen molar-refractivity contribution in [2.45, 2.75) is 6.18 Å². The molecule has 0 radical (unpaired) electrons. The van der Waals surface area contributed by atoms with Crippen LogP contribution in [0.3, 0.4) is 0 Å². The van der Waals surface area contributed by atoms with Gasteiger partial charge in [-0.2, -0.15) is 13.2 Å². The van der Waals surface area contributed by atoms with Gasteiger partial charge in [-0.25, -0.2) is 0 Å². The molecular formula is C13H13F3N2. The monoisotopic (exact) mass is 254 g/mol. The van der Waals surface area contributed by atoms with Crippen LogP contribution >= 0.6 is 0 Å². The third kappa shape index (κ3) is 1.82. The average molecular weight is 254 g/mol. The predicted octanol–water partition coefficient (Wildman–Crippen LogP) is 2.54. The molecule has 1 aromatic carbocycles. The van der Waals surface area contributed by atoms with Gasteiger partial charge in [-0.05, 0) is 42.6 Å². The first-order chi connectivity index (χ1) is 8.48. The summed E-state index contributed by atoms with van der Waals surface area (Å²) < 4.78 is 37.3. The van der Waals surface area contributed by atoms with E-state index in [9.17, 15) is 13.2 Å². The number of nitrogens with one attached hydrogen (secondary N) is 2. The lowest BCUT2D eigenvalue weighted by atomic mass is 10.0. The molecule has 0 aromatic heterocycles. The van der Waals surface area contributed by atoms with Gasteiger partial charge in [0.2, 0.25) is 0 Å². The topological polar surface area (TPSA) is 35.9 Å². The summed E-state index contributed by atoms with van der Waals surface area (Å²) in [6, 6.07) is 4.93. The van der Waals surface area contributed by atoms with Crippen molar-refractivity contribution in [2.24, 2.45) is 17.8 Å². The standard InChI is InChI=1S/C13H13F3N2/c14-13(15,16)8-3-1-7(2-4-8)12(17)11-9-5-18-6-10(9)11/h1-4,9-11,17-18H,5-6H2. The van der Waals surface area contributed by atoms with Gasteiger partial charge in [-0.3, -0.25) is 0 Å². The lowest BCUT2D eigenvalue weighted by Crippen LogP contribution is -2.19. The second kappa shape index (κ2) is 3.82. The fraction of sp³-hybridized carbons (Fsp3) is 0.462. The number of halogens is 3. The highest BCUT2D eigenvalue weighted by Crippen LogP contribution is 2.50. The maximum atomic E-state index is 12.4. The molecule has 1 aliphatic carbocycles. The van der Waals surface area contributed by atoms with Crippen molar-refractivity contribution in [2.75, 3.05) is 13.1 Å². The van der Waals surface area contributed by atoms with Crippen molar-refractivity contribution < 1.29 is 13.2 Å². The van der Waals surface area contributed by atoms with Crippen LogP contribution in [0.25, 0.3) is 0 Å². The average Bonchev–Trinajstić information content (AvgIpc) is 2.80. The maximum Gasteiger partial charge on any atom is 0.416 e. The predicted molar refractivity (Wildman–Crippen MR) is 61.6 cm³/mol. The van der Waals surface area contributed by atoms with Gasteiger partial charge in [-0.1, -0.05) is 12.1 Å². The molecule has 96 valence electrons. The number of rotatable bonds is 2. The minimum Gasteiger partial charge on any atom is -0.316 e. The molecule has 0 amide bonds. The summed E-state index contributed by atoms with van der Waals surface area (Å²) in [7, 11) is 0. The minimum absolute atomic E-state index is 0.239. The molecule has 2 nitrogen and oxygen atoms in total. The molecular weight excluding hydrogens is 241 g/mol. The van der Waals surface area contributed by atoms with E-state index in [-0.39, 0.29) is 5.92 Å². The summed E-state index contributed by atoms with van der Waals surface area (Å²) in [5, 5.41) is 11.3. The molecule has 3 rings (SSSR count). The van der Waals surface area contributed by atoms with E-state index in [4.69, 9.17) is 5.41 Å². The zero-order valence-electron chi connectivity index (χ0n) is 9.59. The Labute approximate surface area is 103 Å². The lowest BCUT2D eigenvalue weighted by Gasteiger charge is -2.09. The minimum atomic E-state index is -4.30. The van der Waals surface area contributed by atoms with Crippen LogP contribution in [0.5, 0.6) is 0 Å². The van der Waals surface area contributed by atoms with Gasteiger partial charge >= 0.3 is 6.18 Å². The Hall–Kier alpha value is -1.36. The van der Waals surface area contributed by atoms with E-state index < -0.39 is 11.7 Å². The second-order valence-corrected chi connectivity index (χ2v) is 5.00. The maximum absolute atomic E-state index is 12.4. The number of piperidine rings is 1. The summed E-state index contributed by atoms with van der Waals surface area (Å²) in [6.45, 7) is 1.86. The van der Waals surface area contributed by atoms with Gasteiger partial charge in [0, 0.05) is 11.6 Å². The Kier molecular flexibility index (Phi) is 2.48. The normalized spacial score (nSPS) is 30.1. The lowest BCUT2D eigenvalue weighted by molar-refractivity contribution is -0.137. The van der Waals surface area contributed by atoms with Gasteiger partial charge < -0.3 is 10.7 Å². The Balaban J connectivity index is 1.75. The number of fused-ring (bicyclic) bond motifs is 1. The molecule has 1 saturated heterocycles. The second-order valence-electron chi connectivity index (χ2n) is 5.00. The Morgan fingerprint density at radius 2 is 1.67 bits per heavy atom. The molecule has 5 heteroatoms. The molecule has 2 atom stereocenters. The molecule has 0 bridgehead atoms. The van der Waals surface area contributed by atoms with Gasteiger partial charge in [-0.15, -0.1) is 0 Å². The van der Waals surface area contributed by atoms with Crippen molar-refractivity contribution >= 4 is 5.71 Å². The third-order valence-corrected chi connectivity index (χ3v) is 3.95. The Morgan fingerprint density at radius 3 is 2.17 bits per heavy atom. The van der Waals surface area contributed by atoms with Gasteiger partial charge in [0.15, 0.2) is 0 Å². The van der Waals surface area contributed by atoms with E-state index in [2.05, 4.69) is 5.32 Å². The molecule has 2 fully saturated rings. The smallest absolute Gasteiger partial charge is 0.316 e. The summed E-state index contributed by atoms with van der Waals surface area (Å²) in [5.74, 6) is 1.27. The van der Waals surface area contributed by atoms with Crippen LogP contribution in [-0.4, -0.2) is 18.8 Å². The SMILES string of the molecule is N=C(c1ccc(C(F)(F)F)cc1)C1C2CNCC21. The number of alkyl halides is 3. The van der Waals surface area contributed by atoms with Gasteiger partial charge in [0.05, 0.1) is 5.56 Å². The van der Waals surface area contributed by atoms with Gasteiger partial charge in [0.1, 0.15) is 0 Å². The van der Waals surface area contributed by atoms with E-state index in [0.29, 0.717) is 23.1 Å². The van der Waals surface area contributed by atoms with E-state index in [1.165, 1.54) is 12.1 Å². The van der Waals surface area contributed by atoms with Crippen molar-refractivity contribution in [3.05, 3.63) is 35.4 Å². The molecule has 1 saturated carbocycles. The van der Waals surface area contributed by atoms with Crippen molar-refractivity contribution in [1.82, 2.24) is 5.32 Å². The third-order valence-electron chi connectivity index (χ3n) is 3.95. The fourth-order valence-electron chi connectivity index (χ4n) is 2.88. The van der Waals surface area contributed by atoms with Crippen molar-refractivity contribution in [1.29, 1.82) is 5.41 Å². The van der Waals surface area contributed by atoms with Crippen molar-refractivity contribution in [3.8, 4) is 0 Å². The van der Waals surface area contributed by atoms with Crippen LogP contribution in [-0.2, 0) is 6.18 Å². The molecule has 2 aliphatic rings. The van der Waals surface area contributed by atoms with Crippen LogP contribution in [0.2, 0.25) is 0 Å². The summed E-state index contributed by atoms with van der Waals surface area (Å²) in [6.07, 6.45) is -4.30. The number of hydrogen-bond donors (Lipinski definition) is 2. The molecule has 1 heterocycles. The van der Waals surface area contributed by atoms with E-state index in [1.54, 1.807) is 0 Å². The van der Waals surface area contributed by atoms with Crippen LogP contribution < -0.4 is 5.32 Å². The van der Waals surface area contributed by atoms with Crippen LogP contribution in [0, 0.1) is 23.2 Å². The summed E-state index contributed by atoms with van der Waals surface area (Å²) >= 11 is 0. The highest BCUT2D eigenvalue weighted by molar-refractivity contribution is 6.02. The number of hydrogen-bond acceptors (Lipinski definition) is 2. The molecule has 1 aromatic rings. The van der Waals surface area contributed by atoms with Crippen LogP contribution in [0.15, 0.2) is 24.3 Å². The van der Waals surface area contributed by atoms with Crippen molar-refractivity contribution in [3.63, 3.8) is 0 Å². The van der Waals surface area contributed by atoms with E-state index in [0.717, 1.165) is 25.2 Å². The molecule has 1 aliphatic heterocycles. The molecule has 2 N–H and O–H groups in total. The van der Waals surface area contributed by atoms with Crippen LogP contribution in [0.1, 0.15) is 11.1 Å².